The van der Waals surface area contributed by atoms with Gasteiger partial charge in [0.15, 0.2) is 0 Å². The highest BCUT2D eigenvalue weighted by Gasteiger charge is 2.41. The molecule has 5 rings (SSSR count). The van der Waals surface area contributed by atoms with Crippen molar-refractivity contribution in [2.45, 2.75) is 30.6 Å². The minimum absolute atomic E-state index is 0.00227. The number of hydrogen-bond acceptors (Lipinski definition) is 5. The Morgan fingerprint density at radius 1 is 1.03 bits per heavy atom. The molecule has 3 atom stereocenters. The van der Waals surface area contributed by atoms with Crippen LogP contribution >= 0.6 is 11.8 Å². The summed E-state index contributed by atoms with van der Waals surface area (Å²) in [4.78, 5) is 31.2. The zero-order valence-electron chi connectivity index (χ0n) is 19.5. The second-order valence-electron chi connectivity index (χ2n) is 9.18. The standard InChI is InChI=1S/C27H31N3O3S/c1-33-22-10-7-19(8-11-22)17-25-26(31)28-23-18-20(9-12-24(23)34-25)27(32)30-15-13-29(14-16-30)21-5-3-2-4-6-21/h2-8,10-11,17,20,23-24H,9,12-16,18H2,1H3,(H,28,31)/b25-17+. The molecule has 7 heteroatoms. The van der Waals surface area contributed by atoms with Gasteiger partial charge in [0, 0.05) is 49.1 Å². The number of ether oxygens (including phenoxy) is 1. The number of para-hydroxylation sites is 1. The lowest BCUT2D eigenvalue weighted by Gasteiger charge is -2.42. The molecule has 2 aromatic carbocycles. The molecule has 2 saturated heterocycles. The van der Waals surface area contributed by atoms with Crippen LogP contribution in [-0.2, 0) is 9.59 Å². The van der Waals surface area contributed by atoms with E-state index < -0.39 is 0 Å². The van der Waals surface area contributed by atoms with E-state index in [2.05, 4.69) is 34.5 Å². The van der Waals surface area contributed by atoms with Crippen molar-refractivity contribution in [1.29, 1.82) is 0 Å². The average Bonchev–Trinajstić information content (AvgIpc) is 2.89. The minimum Gasteiger partial charge on any atom is -0.497 e. The Morgan fingerprint density at radius 2 is 1.76 bits per heavy atom. The third-order valence-corrected chi connectivity index (χ3v) is 8.51. The summed E-state index contributed by atoms with van der Waals surface area (Å²) in [6.07, 6.45) is 4.50. The number of thioether (sulfide) groups is 1. The molecule has 3 fully saturated rings. The third kappa shape index (κ3) is 4.94. The highest BCUT2D eigenvalue weighted by molar-refractivity contribution is 8.04. The number of amides is 2. The summed E-state index contributed by atoms with van der Waals surface area (Å²) < 4.78 is 5.21. The van der Waals surface area contributed by atoms with Crippen LogP contribution in [0.25, 0.3) is 6.08 Å². The van der Waals surface area contributed by atoms with E-state index >= 15 is 0 Å². The first-order valence-corrected chi connectivity index (χ1v) is 12.9. The van der Waals surface area contributed by atoms with Gasteiger partial charge in [-0.15, -0.1) is 11.8 Å². The van der Waals surface area contributed by atoms with Crippen molar-refractivity contribution in [2.75, 3.05) is 38.2 Å². The lowest BCUT2D eigenvalue weighted by Crippen LogP contribution is -2.54. The van der Waals surface area contributed by atoms with Crippen LogP contribution in [0, 0.1) is 5.92 Å². The maximum Gasteiger partial charge on any atom is 0.257 e. The van der Waals surface area contributed by atoms with Crippen molar-refractivity contribution in [3.05, 3.63) is 65.1 Å². The zero-order valence-corrected chi connectivity index (χ0v) is 20.3. The molecule has 2 aromatic rings. The maximum atomic E-state index is 13.3. The van der Waals surface area contributed by atoms with E-state index in [1.807, 2.05) is 41.3 Å². The fraction of sp³-hybridized carbons (Fsp3) is 0.407. The number of piperazine rings is 1. The van der Waals surface area contributed by atoms with Crippen LogP contribution in [-0.4, -0.2) is 61.3 Å². The fourth-order valence-corrected chi connectivity index (χ4v) is 6.44. The lowest BCUT2D eigenvalue weighted by atomic mass is 9.84. The minimum atomic E-state index is -0.0355. The van der Waals surface area contributed by atoms with Crippen molar-refractivity contribution in [3.63, 3.8) is 0 Å². The molecule has 0 aromatic heterocycles. The quantitative estimate of drug-likeness (QED) is 0.679. The maximum absolute atomic E-state index is 13.3. The molecule has 6 nitrogen and oxygen atoms in total. The van der Waals surface area contributed by atoms with Gasteiger partial charge in [0.25, 0.3) is 5.91 Å². The normalized spacial score (nSPS) is 26.1. The van der Waals surface area contributed by atoms with Gasteiger partial charge in [0.1, 0.15) is 5.75 Å². The van der Waals surface area contributed by atoms with Crippen molar-refractivity contribution < 1.29 is 14.3 Å². The number of carbonyl (C=O) groups is 2. The number of nitrogens with zero attached hydrogens (tertiary/aromatic N) is 2. The SMILES string of the molecule is COc1ccc(/C=C2/SC3CCC(C(=O)N4CCN(c5ccccc5)CC4)CC3NC2=O)cc1. The van der Waals surface area contributed by atoms with Crippen molar-refractivity contribution in [2.24, 2.45) is 5.92 Å². The van der Waals surface area contributed by atoms with Gasteiger partial charge in [-0.1, -0.05) is 30.3 Å². The summed E-state index contributed by atoms with van der Waals surface area (Å²) in [5, 5.41) is 3.52. The molecular weight excluding hydrogens is 446 g/mol. The molecule has 1 saturated carbocycles. The van der Waals surface area contributed by atoms with Gasteiger partial charge in [-0.05, 0) is 55.2 Å². The summed E-state index contributed by atoms with van der Waals surface area (Å²) in [6, 6.07) is 18.2. The number of rotatable bonds is 4. The number of carbonyl (C=O) groups excluding carboxylic acids is 2. The summed E-state index contributed by atoms with van der Waals surface area (Å²) in [6.45, 7) is 3.24. The number of methoxy groups -OCH3 is 1. The number of benzene rings is 2. The summed E-state index contributed by atoms with van der Waals surface area (Å²) in [5.41, 5.74) is 2.20. The molecule has 3 unspecified atom stereocenters. The number of fused-ring (bicyclic) bond motifs is 1. The van der Waals surface area contributed by atoms with Gasteiger partial charge in [-0.3, -0.25) is 9.59 Å². The molecule has 2 amide bonds. The van der Waals surface area contributed by atoms with Gasteiger partial charge in [-0.2, -0.15) is 0 Å². The molecule has 3 aliphatic rings. The second-order valence-corrected chi connectivity index (χ2v) is 10.5. The van der Waals surface area contributed by atoms with Crippen LogP contribution < -0.4 is 15.0 Å². The third-order valence-electron chi connectivity index (χ3n) is 7.08. The van der Waals surface area contributed by atoms with E-state index in [0.29, 0.717) is 5.25 Å². The second kappa shape index (κ2) is 10.1. The van der Waals surface area contributed by atoms with Crippen LogP contribution in [0.1, 0.15) is 24.8 Å². The Morgan fingerprint density at radius 3 is 2.47 bits per heavy atom. The monoisotopic (exact) mass is 477 g/mol. The smallest absolute Gasteiger partial charge is 0.257 e. The van der Waals surface area contributed by atoms with E-state index in [1.54, 1.807) is 18.9 Å². The van der Waals surface area contributed by atoms with Crippen molar-refractivity contribution >= 4 is 35.3 Å². The van der Waals surface area contributed by atoms with E-state index in [-0.39, 0.29) is 23.8 Å². The van der Waals surface area contributed by atoms with E-state index in [9.17, 15) is 9.59 Å². The summed E-state index contributed by atoms with van der Waals surface area (Å²) >= 11 is 1.66. The molecular formula is C27H31N3O3S. The van der Waals surface area contributed by atoms with Gasteiger partial charge in [0.2, 0.25) is 5.91 Å². The Labute approximate surface area is 205 Å². The van der Waals surface area contributed by atoms with Crippen LogP contribution in [0.3, 0.4) is 0 Å². The molecule has 1 aliphatic carbocycles. The van der Waals surface area contributed by atoms with Gasteiger partial charge in [-0.25, -0.2) is 0 Å². The fourth-order valence-electron chi connectivity index (χ4n) is 5.15. The Kier molecular flexibility index (Phi) is 6.81. The first-order chi connectivity index (χ1) is 16.6. The first-order valence-electron chi connectivity index (χ1n) is 12.0. The van der Waals surface area contributed by atoms with Gasteiger partial charge < -0.3 is 19.9 Å². The molecule has 0 bridgehead atoms. The molecule has 0 spiro atoms. The highest BCUT2D eigenvalue weighted by Crippen LogP contribution is 2.40. The predicted octanol–water partition coefficient (Wildman–Crippen LogP) is 3.79. The largest absolute Gasteiger partial charge is 0.497 e. The van der Waals surface area contributed by atoms with E-state index in [0.717, 1.165) is 61.7 Å². The number of hydrogen-bond donors (Lipinski definition) is 1. The molecule has 2 aliphatic heterocycles. The van der Waals surface area contributed by atoms with E-state index in [4.69, 9.17) is 4.74 Å². The number of anilines is 1. The summed E-state index contributed by atoms with van der Waals surface area (Å²) in [5.74, 6) is 1.02. The van der Waals surface area contributed by atoms with Gasteiger partial charge in [0.05, 0.1) is 12.0 Å². The van der Waals surface area contributed by atoms with E-state index in [1.165, 1.54) is 5.69 Å². The van der Waals surface area contributed by atoms with Crippen molar-refractivity contribution in [3.8, 4) is 5.75 Å². The van der Waals surface area contributed by atoms with Gasteiger partial charge >= 0.3 is 0 Å². The lowest BCUT2D eigenvalue weighted by molar-refractivity contribution is -0.137. The summed E-state index contributed by atoms with van der Waals surface area (Å²) in [7, 11) is 1.64. The Balaban J connectivity index is 1.16. The molecule has 34 heavy (non-hydrogen) atoms. The highest BCUT2D eigenvalue weighted by atomic mass is 32.2. The molecule has 1 N–H and O–H groups in total. The van der Waals surface area contributed by atoms with Crippen LogP contribution in [0.15, 0.2) is 59.5 Å². The van der Waals surface area contributed by atoms with Crippen LogP contribution in [0.4, 0.5) is 5.69 Å². The van der Waals surface area contributed by atoms with Crippen LogP contribution in [0.5, 0.6) is 5.75 Å². The van der Waals surface area contributed by atoms with Crippen LogP contribution in [0.2, 0.25) is 0 Å². The zero-order chi connectivity index (χ0) is 23.5. The van der Waals surface area contributed by atoms with Crippen molar-refractivity contribution in [1.82, 2.24) is 10.2 Å². The first kappa shape index (κ1) is 22.8. The molecule has 178 valence electrons. The molecule has 0 radical (unpaired) electrons. The number of nitrogens with one attached hydrogen (secondary N) is 1. The Hall–Kier alpha value is -2.93. The topological polar surface area (TPSA) is 61.9 Å². The molecule has 2 heterocycles. The Bertz CT molecular complexity index is 1050. The average molecular weight is 478 g/mol. The predicted molar refractivity (Wildman–Crippen MR) is 137 cm³/mol.